The van der Waals surface area contributed by atoms with Gasteiger partial charge in [0.15, 0.2) is 0 Å². The van der Waals surface area contributed by atoms with Gasteiger partial charge in [0.05, 0.1) is 19.1 Å². The van der Waals surface area contributed by atoms with Crippen LogP contribution in [0.3, 0.4) is 0 Å². The highest BCUT2D eigenvalue weighted by atomic mass is 35.5. The van der Waals surface area contributed by atoms with Gasteiger partial charge >= 0.3 is 0 Å². The molecule has 0 spiro atoms. The second-order valence-electron chi connectivity index (χ2n) is 4.13. The maximum Gasteiger partial charge on any atom is 0.0702 e. The highest BCUT2D eigenvalue weighted by molar-refractivity contribution is 6.30. The van der Waals surface area contributed by atoms with Crippen molar-refractivity contribution in [1.29, 1.82) is 5.26 Å². The number of hydrogen-bond acceptors (Lipinski definition) is 3. The lowest BCUT2D eigenvalue weighted by Gasteiger charge is -2.30. The molecule has 0 aliphatic rings. The van der Waals surface area contributed by atoms with Gasteiger partial charge in [0.1, 0.15) is 0 Å². The molecule has 0 saturated carbocycles. The topological polar surface area (TPSA) is 47.3 Å². The smallest absolute Gasteiger partial charge is 0.0702 e. The Labute approximate surface area is 107 Å². The van der Waals surface area contributed by atoms with Crippen LogP contribution in [-0.4, -0.2) is 17.7 Å². The van der Waals surface area contributed by atoms with Crippen molar-refractivity contribution in [3.63, 3.8) is 0 Å². The van der Waals surface area contributed by atoms with Crippen LogP contribution in [0, 0.1) is 11.3 Å². The van der Waals surface area contributed by atoms with Crippen molar-refractivity contribution in [2.45, 2.75) is 32.9 Å². The maximum absolute atomic E-state index is 9.33. The Bertz CT molecular complexity index is 412. The zero-order valence-corrected chi connectivity index (χ0v) is 10.9. The van der Waals surface area contributed by atoms with E-state index >= 15 is 0 Å². The Hall–Kier alpha value is -1.24. The Kier molecular flexibility index (Phi) is 5.27. The van der Waals surface area contributed by atoms with Crippen molar-refractivity contribution >= 4 is 17.3 Å². The van der Waals surface area contributed by atoms with E-state index in [1.54, 1.807) is 6.07 Å². The van der Waals surface area contributed by atoms with Crippen LogP contribution in [0.2, 0.25) is 5.02 Å². The zero-order chi connectivity index (χ0) is 12.8. The van der Waals surface area contributed by atoms with Gasteiger partial charge in [0.2, 0.25) is 0 Å². The summed E-state index contributed by atoms with van der Waals surface area (Å²) in [5.74, 6) is 0. The number of hydrogen-bond donors (Lipinski definition) is 1. The molecule has 0 atom stereocenters. The van der Waals surface area contributed by atoms with Gasteiger partial charge in [-0.2, -0.15) is 5.26 Å². The summed E-state index contributed by atoms with van der Waals surface area (Å²) in [7, 11) is 0. The van der Waals surface area contributed by atoms with Gasteiger partial charge in [-0.25, -0.2) is 0 Å². The van der Waals surface area contributed by atoms with Crippen LogP contribution in [0.5, 0.6) is 0 Å². The molecule has 1 rings (SSSR count). The predicted octanol–water partition coefficient (Wildman–Crippen LogP) is 2.96. The standard InChI is InChI=1S/C13H17ClN2O/c1-10(2)16(7-3-6-15)13-8-12(14)5-4-11(13)9-17/h4-5,8,10,17H,3,7,9H2,1-2H3. The summed E-state index contributed by atoms with van der Waals surface area (Å²) in [6.07, 6.45) is 0.454. The van der Waals surface area contributed by atoms with Crippen LogP contribution in [-0.2, 0) is 6.61 Å². The number of benzene rings is 1. The van der Waals surface area contributed by atoms with Crippen molar-refractivity contribution in [1.82, 2.24) is 0 Å². The molecule has 1 aromatic carbocycles. The zero-order valence-electron chi connectivity index (χ0n) is 10.2. The number of rotatable bonds is 5. The van der Waals surface area contributed by atoms with Gasteiger partial charge in [0.25, 0.3) is 0 Å². The van der Waals surface area contributed by atoms with Gasteiger partial charge in [-0.15, -0.1) is 0 Å². The van der Waals surface area contributed by atoms with Crippen molar-refractivity contribution in [2.75, 3.05) is 11.4 Å². The summed E-state index contributed by atoms with van der Waals surface area (Å²) >= 11 is 5.98. The van der Waals surface area contributed by atoms with E-state index in [4.69, 9.17) is 16.9 Å². The minimum absolute atomic E-state index is 0.0255. The van der Waals surface area contributed by atoms with E-state index < -0.39 is 0 Å². The first-order chi connectivity index (χ1) is 8.10. The van der Waals surface area contributed by atoms with Crippen LogP contribution in [0.1, 0.15) is 25.8 Å². The highest BCUT2D eigenvalue weighted by Crippen LogP contribution is 2.26. The molecule has 3 nitrogen and oxygen atoms in total. The van der Waals surface area contributed by atoms with Gasteiger partial charge < -0.3 is 10.0 Å². The third-order valence-electron chi connectivity index (χ3n) is 2.61. The fourth-order valence-corrected chi connectivity index (χ4v) is 1.93. The largest absolute Gasteiger partial charge is 0.392 e. The SMILES string of the molecule is CC(C)N(CCC#N)c1cc(Cl)ccc1CO. The average molecular weight is 253 g/mol. The first-order valence-electron chi connectivity index (χ1n) is 5.63. The van der Waals surface area contributed by atoms with Gasteiger partial charge in [0, 0.05) is 28.9 Å². The highest BCUT2D eigenvalue weighted by Gasteiger charge is 2.14. The summed E-state index contributed by atoms with van der Waals surface area (Å²) < 4.78 is 0. The van der Waals surface area contributed by atoms with E-state index in [1.165, 1.54) is 0 Å². The predicted molar refractivity (Wildman–Crippen MR) is 70.1 cm³/mol. The number of nitriles is 1. The number of aliphatic hydroxyl groups excluding tert-OH is 1. The van der Waals surface area contributed by atoms with E-state index in [0.29, 0.717) is 18.0 Å². The Balaban J connectivity index is 3.08. The van der Waals surface area contributed by atoms with Crippen LogP contribution < -0.4 is 4.90 Å². The van der Waals surface area contributed by atoms with Gasteiger partial charge in [-0.1, -0.05) is 17.7 Å². The number of halogens is 1. The molecule has 0 amide bonds. The molecule has 0 aliphatic heterocycles. The molecule has 1 N–H and O–H groups in total. The summed E-state index contributed by atoms with van der Waals surface area (Å²) in [4.78, 5) is 2.08. The van der Waals surface area contributed by atoms with Crippen molar-refractivity contribution in [3.05, 3.63) is 28.8 Å². The molecule has 0 fully saturated rings. The molecule has 0 heterocycles. The van der Waals surface area contributed by atoms with E-state index in [-0.39, 0.29) is 12.6 Å². The molecule has 0 aromatic heterocycles. The minimum Gasteiger partial charge on any atom is -0.392 e. The molecule has 0 aliphatic carbocycles. The molecule has 0 radical (unpaired) electrons. The first-order valence-corrected chi connectivity index (χ1v) is 6.00. The van der Waals surface area contributed by atoms with Crippen molar-refractivity contribution in [3.8, 4) is 6.07 Å². The maximum atomic E-state index is 9.33. The lowest BCUT2D eigenvalue weighted by Crippen LogP contribution is -2.32. The summed E-state index contributed by atoms with van der Waals surface area (Å²) in [6, 6.07) is 7.81. The lowest BCUT2D eigenvalue weighted by molar-refractivity contribution is 0.282. The molecular formula is C13H17ClN2O. The molecule has 0 bridgehead atoms. The monoisotopic (exact) mass is 252 g/mol. The Morgan fingerprint density at radius 1 is 1.47 bits per heavy atom. The van der Waals surface area contributed by atoms with Crippen LogP contribution in [0.25, 0.3) is 0 Å². The number of nitrogens with zero attached hydrogens (tertiary/aromatic N) is 2. The molecule has 1 aromatic rings. The quantitative estimate of drug-likeness (QED) is 0.877. The van der Waals surface area contributed by atoms with Crippen LogP contribution in [0.15, 0.2) is 18.2 Å². The van der Waals surface area contributed by atoms with E-state index in [9.17, 15) is 5.11 Å². The van der Waals surface area contributed by atoms with Gasteiger partial charge in [-0.05, 0) is 26.0 Å². The van der Waals surface area contributed by atoms with E-state index in [1.807, 2.05) is 12.1 Å². The molecule has 0 unspecified atom stereocenters. The van der Waals surface area contributed by atoms with E-state index in [0.717, 1.165) is 11.3 Å². The molecule has 4 heteroatoms. The second-order valence-corrected chi connectivity index (χ2v) is 4.56. The third-order valence-corrected chi connectivity index (χ3v) is 2.85. The van der Waals surface area contributed by atoms with Crippen molar-refractivity contribution in [2.24, 2.45) is 0 Å². The van der Waals surface area contributed by atoms with Gasteiger partial charge in [-0.3, -0.25) is 0 Å². The minimum atomic E-state index is -0.0255. The molecule has 17 heavy (non-hydrogen) atoms. The number of aliphatic hydroxyl groups is 1. The summed E-state index contributed by atoms with van der Waals surface area (Å²) in [5, 5.41) is 18.6. The lowest BCUT2D eigenvalue weighted by atomic mass is 10.1. The molecule has 0 saturated heterocycles. The van der Waals surface area contributed by atoms with E-state index in [2.05, 4.69) is 24.8 Å². The Morgan fingerprint density at radius 3 is 2.71 bits per heavy atom. The summed E-state index contributed by atoms with van der Waals surface area (Å²) in [5.41, 5.74) is 1.74. The van der Waals surface area contributed by atoms with Crippen molar-refractivity contribution < 1.29 is 5.11 Å². The fourth-order valence-electron chi connectivity index (χ4n) is 1.77. The first kappa shape index (κ1) is 13.8. The molecule has 92 valence electrons. The van der Waals surface area contributed by atoms with Crippen LogP contribution in [0.4, 0.5) is 5.69 Å². The summed E-state index contributed by atoms with van der Waals surface area (Å²) in [6.45, 7) is 4.72. The fraction of sp³-hybridized carbons (Fsp3) is 0.462. The average Bonchev–Trinajstić information content (AvgIpc) is 2.29. The number of anilines is 1. The second kappa shape index (κ2) is 6.48. The molecular weight excluding hydrogens is 236 g/mol. The Morgan fingerprint density at radius 2 is 2.18 bits per heavy atom. The third kappa shape index (κ3) is 3.62. The van der Waals surface area contributed by atoms with Crippen LogP contribution >= 0.6 is 11.6 Å². The normalized spacial score (nSPS) is 10.4.